The lowest BCUT2D eigenvalue weighted by Gasteiger charge is -2.35. The van der Waals surface area contributed by atoms with Crippen LogP contribution in [0.1, 0.15) is 30.8 Å². The number of carbonyl (C=O) groups is 1. The Morgan fingerprint density at radius 3 is 2.50 bits per heavy atom. The highest BCUT2D eigenvalue weighted by molar-refractivity contribution is 7.98. The van der Waals surface area contributed by atoms with Crippen LogP contribution in [0.3, 0.4) is 0 Å². The number of benzene rings is 2. The van der Waals surface area contributed by atoms with Crippen LogP contribution in [0.5, 0.6) is 5.75 Å². The third-order valence-corrected chi connectivity index (χ3v) is 6.52. The first-order valence-corrected chi connectivity index (χ1v) is 12.2. The Hall–Kier alpha value is -3.30. The molecule has 1 N–H and O–H groups in total. The Labute approximate surface area is 203 Å². The van der Waals surface area contributed by atoms with Gasteiger partial charge in [0.25, 0.3) is 5.89 Å². The van der Waals surface area contributed by atoms with Gasteiger partial charge in [-0.25, -0.2) is 4.79 Å². The molecule has 1 unspecified atom stereocenters. The summed E-state index contributed by atoms with van der Waals surface area (Å²) in [6.07, 6.45) is 2.74. The molecule has 0 radical (unpaired) electrons. The number of aromatic nitrogens is 2. The number of methoxy groups -OCH3 is 2. The fourth-order valence-electron chi connectivity index (χ4n) is 3.93. The van der Waals surface area contributed by atoms with E-state index in [4.69, 9.17) is 19.0 Å². The van der Waals surface area contributed by atoms with Gasteiger partial charge in [0.2, 0.25) is 5.82 Å². The molecule has 1 aliphatic rings. The minimum absolute atomic E-state index is 0.161. The van der Waals surface area contributed by atoms with Crippen LogP contribution >= 0.6 is 11.8 Å². The highest BCUT2D eigenvalue weighted by Gasteiger charge is 2.35. The zero-order chi connectivity index (χ0) is 24.1. The summed E-state index contributed by atoms with van der Waals surface area (Å²) in [7, 11) is 3.27. The van der Waals surface area contributed by atoms with E-state index in [0.29, 0.717) is 31.3 Å². The summed E-state index contributed by atoms with van der Waals surface area (Å²) in [5, 5.41) is 7.34. The van der Waals surface area contributed by atoms with E-state index in [1.54, 1.807) is 30.9 Å². The van der Waals surface area contributed by atoms with Crippen molar-refractivity contribution in [2.45, 2.75) is 24.3 Å². The smallest absolute Gasteiger partial charge is 0.322 e. The lowest BCUT2D eigenvalue weighted by molar-refractivity contribution is 0.174. The average Bonchev–Trinajstić information content (AvgIpc) is 3.35. The van der Waals surface area contributed by atoms with Crippen molar-refractivity contribution in [3.8, 4) is 17.1 Å². The normalized spacial score (nSPS) is 16.1. The quantitative estimate of drug-likeness (QED) is 0.340. The van der Waals surface area contributed by atoms with Gasteiger partial charge in [-0.3, -0.25) is 4.90 Å². The fraction of sp³-hybridized carbons (Fsp3) is 0.320. The van der Waals surface area contributed by atoms with Crippen molar-refractivity contribution in [3.63, 3.8) is 0 Å². The molecule has 1 aromatic heterocycles. The molecule has 178 valence electrons. The van der Waals surface area contributed by atoms with Crippen LogP contribution in [0.15, 0.2) is 63.6 Å². The van der Waals surface area contributed by atoms with Crippen LogP contribution in [0.25, 0.3) is 17.0 Å². The number of hydrogen-bond donors (Lipinski definition) is 1. The lowest BCUT2D eigenvalue weighted by atomic mass is 9.94. The van der Waals surface area contributed by atoms with E-state index in [-0.39, 0.29) is 6.03 Å². The van der Waals surface area contributed by atoms with Gasteiger partial charge in [0, 0.05) is 36.4 Å². The van der Waals surface area contributed by atoms with Crippen molar-refractivity contribution < 1.29 is 18.8 Å². The largest absolute Gasteiger partial charge is 0.497 e. The number of ether oxygens (including phenoxy) is 2. The van der Waals surface area contributed by atoms with E-state index in [9.17, 15) is 4.79 Å². The molecule has 0 bridgehead atoms. The number of amides is 2. The van der Waals surface area contributed by atoms with E-state index >= 15 is 0 Å². The van der Waals surface area contributed by atoms with Crippen molar-refractivity contribution in [1.82, 2.24) is 20.4 Å². The molecule has 0 fully saturated rings. The molecule has 34 heavy (non-hydrogen) atoms. The Morgan fingerprint density at radius 2 is 1.85 bits per heavy atom. The SMILES string of the molecule is COCCCN1C(=O)NC(c2ccc(SC)cc2)C(c2nc(-c3ccc(OC)cc3)no2)=C1C. The zero-order valence-corrected chi connectivity index (χ0v) is 20.5. The third-order valence-electron chi connectivity index (χ3n) is 5.78. The number of thioether (sulfide) groups is 1. The Balaban J connectivity index is 1.74. The van der Waals surface area contributed by atoms with Gasteiger partial charge in [-0.1, -0.05) is 17.3 Å². The van der Waals surface area contributed by atoms with E-state index < -0.39 is 6.04 Å². The second kappa shape index (κ2) is 10.8. The van der Waals surface area contributed by atoms with Gasteiger partial charge in [-0.15, -0.1) is 11.8 Å². The lowest BCUT2D eigenvalue weighted by Crippen LogP contribution is -2.46. The minimum Gasteiger partial charge on any atom is -0.497 e. The summed E-state index contributed by atoms with van der Waals surface area (Å²) in [6, 6.07) is 15.0. The summed E-state index contributed by atoms with van der Waals surface area (Å²) < 4.78 is 16.1. The van der Waals surface area contributed by atoms with Gasteiger partial charge >= 0.3 is 6.03 Å². The number of hydrogen-bond acceptors (Lipinski definition) is 7. The molecule has 0 aliphatic carbocycles. The van der Waals surface area contributed by atoms with Crippen molar-refractivity contribution in [1.29, 1.82) is 0 Å². The molecule has 2 aromatic carbocycles. The van der Waals surface area contributed by atoms with Crippen LogP contribution in [-0.4, -0.2) is 54.7 Å². The molecule has 8 nitrogen and oxygen atoms in total. The maximum Gasteiger partial charge on any atom is 0.322 e. The fourth-order valence-corrected chi connectivity index (χ4v) is 4.34. The van der Waals surface area contributed by atoms with Crippen LogP contribution in [-0.2, 0) is 4.74 Å². The van der Waals surface area contributed by atoms with Gasteiger partial charge in [-0.2, -0.15) is 4.98 Å². The number of allylic oxidation sites excluding steroid dienone is 1. The first-order chi connectivity index (χ1) is 16.5. The predicted octanol–water partition coefficient (Wildman–Crippen LogP) is 5.00. The summed E-state index contributed by atoms with van der Waals surface area (Å²) in [5.41, 5.74) is 3.32. The third kappa shape index (κ3) is 4.95. The number of rotatable bonds is 9. The average molecular weight is 481 g/mol. The van der Waals surface area contributed by atoms with Crippen LogP contribution < -0.4 is 10.1 Å². The zero-order valence-electron chi connectivity index (χ0n) is 19.7. The molecule has 0 spiro atoms. The topological polar surface area (TPSA) is 89.7 Å². The monoisotopic (exact) mass is 480 g/mol. The van der Waals surface area contributed by atoms with Crippen LogP contribution in [0.2, 0.25) is 0 Å². The van der Waals surface area contributed by atoms with E-state index in [1.165, 1.54) is 0 Å². The van der Waals surface area contributed by atoms with Crippen molar-refractivity contribution in [2.75, 3.05) is 33.6 Å². The number of nitrogens with zero attached hydrogens (tertiary/aromatic N) is 3. The maximum absolute atomic E-state index is 13.0. The second-order valence-corrected chi connectivity index (χ2v) is 8.68. The van der Waals surface area contributed by atoms with Gasteiger partial charge < -0.3 is 19.3 Å². The van der Waals surface area contributed by atoms with E-state index in [0.717, 1.165) is 33.0 Å². The van der Waals surface area contributed by atoms with Crippen molar-refractivity contribution in [3.05, 3.63) is 65.7 Å². The van der Waals surface area contributed by atoms with Crippen LogP contribution in [0, 0.1) is 0 Å². The molecular formula is C25H28N4O4S. The van der Waals surface area contributed by atoms with Crippen LogP contribution in [0.4, 0.5) is 4.79 Å². The van der Waals surface area contributed by atoms with Gasteiger partial charge in [0.05, 0.1) is 18.7 Å². The summed E-state index contributed by atoms with van der Waals surface area (Å²) >= 11 is 1.67. The molecule has 3 aromatic rings. The number of urea groups is 1. The molecular weight excluding hydrogens is 452 g/mol. The first kappa shape index (κ1) is 23.8. The summed E-state index contributed by atoms with van der Waals surface area (Å²) in [4.78, 5) is 20.6. The van der Waals surface area contributed by atoms with E-state index in [1.807, 2.05) is 61.7 Å². The van der Waals surface area contributed by atoms with Gasteiger partial charge in [-0.05, 0) is 61.6 Å². The maximum atomic E-state index is 13.0. The molecule has 2 heterocycles. The molecule has 2 amide bonds. The Morgan fingerprint density at radius 1 is 1.12 bits per heavy atom. The van der Waals surface area contributed by atoms with E-state index in [2.05, 4.69) is 10.5 Å². The van der Waals surface area contributed by atoms with Crippen molar-refractivity contribution in [2.24, 2.45) is 0 Å². The van der Waals surface area contributed by atoms with Gasteiger partial charge in [0.1, 0.15) is 5.75 Å². The Kier molecular flexibility index (Phi) is 7.54. The highest BCUT2D eigenvalue weighted by atomic mass is 32.2. The second-order valence-electron chi connectivity index (χ2n) is 7.80. The minimum atomic E-state index is -0.411. The van der Waals surface area contributed by atoms with Crippen molar-refractivity contribution >= 4 is 23.4 Å². The Bertz CT molecular complexity index is 1160. The highest BCUT2D eigenvalue weighted by Crippen LogP contribution is 2.38. The summed E-state index contributed by atoms with van der Waals surface area (Å²) in [6.45, 7) is 3.00. The first-order valence-electron chi connectivity index (χ1n) is 11.0. The molecule has 4 rings (SSSR count). The standard InChI is InChI=1S/C25H28N4O4S/c1-16-21(24-27-23(28-33-24)18-6-10-19(32-3)11-7-18)22(17-8-12-20(34-4)13-9-17)26-25(30)29(16)14-5-15-31-2/h6-13,22H,5,14-15H2,1-4H3,(H,26,30). The molecule has 9 heteroatoms. The molecule has 1 atom stereocenters. The molecule has 0 saturated carbocycles. The molecule has 0 saturated heterocycles. The number of carbonyl (C=O) groups excluding carboxylic acids is 1. The summed E-state index contributed by atoms with van der Waals surface area (Å²) in [5.74, 6) is 1.60. The number of nitrogens with one attached hydrogen (secondary N) is 1. The van der Waals surface area contributed by atoms with Gasteiger partial charge in [0.15, 0.2) is 0 Å². The predicted molar refractivity (Wildman–Crippen MR) is 132 cm³/mol. The molecule has 1 aliphatic heterocycles.